The molecule has 0 atom stereocenters. The van der Waals surface area contributed by atoms with E-state index in [1.165, 1.54) is 16.0 Å². The number of anilines is 2. The number of nitrogens with one attached hydrogen (secondary N) is 1. The first kappa shape index (κ1) is 15.9. The lowest BCUT2D eigenvalue weighted by Gasteiger charge is -2.22. The first-order valence-electron chi connectivity index (χ1n) is 7.78. The molecule has 124 valence electrons. The second kappa shape index (κ2) is 7.10. The van der Waals surface area contributed by atoms with E-state index in [4.69, 9.17) is 0 Å². The molecular weight excluding hydrogens is 312 g/mol. The number of rotatable bonds is 4. The van der Waals surface area contributed by atoms with Crippen LogP contribution in [-0.2, 0) is 6.54 Å². The summed E-state index contributed by atoms with van der Waals surface area (Å²) in [6.07, 6.45) is 2.89. The minimum atomic E-state index is -0.0842. The summed E-state index contributed by atoms with van der Waals surface area (Å²) in [5, 5.41) is 10.1. The van der Waals surface area contributed by atoms with Crippen molar-refractivity contribution in [1.82, 2.24) is 19.7 Å². The van der Waals surface area contributed by atoms with E-state index < -0.39 is 0 Å². The Hall–Kier alpha value is -1.93. The Morgan fingerprint density at radius 3 is 2.91 bits per heavy atom. The number of nitrogens with zero attached hydrogens (tertiary/aromatic N) is 5. The highest BCUT2D eigenvalue weighted by atomic mass is 32.1. The second-order valence-electron chi connectivity index (χ2n) is 5.75. The zero-order chi connectivity index (χ0) is 16.2. The third kappa shape index (κ3) is 3.89. The van der Waals surface area contributed by atoms with Gasteiger partial charge in [0.2, 0.25) is 0 Å². The SMILES string of the molecule is CNc1nc(Cn2ncc(N3CCCN(C)CC3)cc2=O)cs1. The fraction of sp³-hybridized carbons (Fsp3) is 0.533. The molecule has 0 aliphatic carbocycles. The second-order valence-corrected chi connectivity index (χ2v) is 6.61. The molecule has 23 heavy (non-hydrogen) atoms. The molecular formula is C15H22N6OS. The van der Waals surface area contributed by atoms with Crippen LogP contribution in [0.4, 0.5) is 10.8 Å². The standard InChI is InChI=1S/C15H22N6OS/c1-16-15-18-12(11-23-15)10-21-14(22)8-13(9-17-21)20-5-3-4-19(2)6-7-20/h8-9,11H,3-7,10H2,1-2H3,(H,16,18). The van der Waals surface area contributed by atoms with Gasteiger partial charge in [-0.1, -0.05) is 0 Å². The van der Waals surface area contributed by atoms with Crippen LogP contribution < -0.4 is 15.8 Å². The Kier molecular flexibility index (Phi) is 4.92. The molecule has 1 N–H and O–H groups in total. The molecule has 8 heteroatoms. The van der Waals surface area contributed by atoms with Gasteiger partial charge in [0.15, 0.2) is 5.13 Å². The minimum Gasteiger partial charge on any atom is -0.369 e. The van der Waals surface area contributed by atoms with Gasteiger partial charge in [0.25, 0.3) is 5.56 Å². The van der Waals surface area contributed by atoms with Gasteiger partial charge >= 0.3 is 0 Å². The van der Waals surface area contributed by atoms with Crippen LogP contribution in [0.25, 0.3) is 0 Å². The Morgan fingerprint density at radius 1 is 1.30 bits per heavy atom. The molecule has 0 radical (unpaired) electrons. The minimum absolute atomic E-state index is 0.0842. The molecule has 1 aliphatic rings. The lowest BCUT2D eigenvalue weighted by molar-refractivity contribution is 0.360. The molecule has 0 unspecified atom stereocenters. The van der Waals surface area contributed by atoms with Crippen LogP contribution in [0.1, 0.15) is 12.1 Å². The zero-order valence-electron chi connectivity index (χ0n) is 13.5. The molecule has 1 saturated heterocycles. The lowest BCUT2D eigenvalue weighted by atomic mass is 10.3. The van der Waals surface area contributed by atoms with Gasteiger partial charge in [-0.3, -0.25) is 4.79 Å². The van der Waals surface area contributed by atoms with Crippen LogP contribution in [0, 0.1) is 0 Å². The van der Waals surface area contributed by atoms with Crippen LogP contribution in [0.2, 0.25) is 0 Å². The van der Waals surface area contributed by atoms with Gasteiger partial charge in [0.05, 0.1) is 24.1 Å². The molecule has 0 bridgehead atoms. The normalized spacial score (nSPS) is 16.3. The molecule has 0 saturated carbocycles. The maximum absolute atomic E-state index is 12.3. The summed E-state index contributed by atoms with van der Waals surface area (Å²) >= 11 is 1.52. The van der Waals surface area contributed by atoms with Crippen LogP contribution >= 0.6 is 11.3 Å². The van der Waals surface area contributed by atoms with Crippen molar-refractivity contribution < 1.29 is 0 Å². The third-order valence-corrected chi connectivity index (χ3v) is 4.93. The maximum atomic E-state index is 12.3. The number of thiazole rings is 1. The van der Waals surface area contributed by atoms with Gasteiger partial charge in [0, 0.05) is 38.1 Å². The molecule has 3 rings (SSSR count). The van der Waals surface area contributed by atoms with Crippen molar-refractivity contribution in [3.8, 4) is 0 Å². The van der Waals surface area contributed by atoms with Gasteiger partial charge in [-0.05, 0) is 20.0 Å². The number of aromatic nitrogens is 3. The van der Waals surface area contributed by atoms with Crippen molar-refractivity contribution in [1.29, 1.82) is 0 Å². The summed E-state index contributed by atoms with van der Waals surface area (Å²) in [5.74, 6) is 0. The van der Waals surface area contributed by atoms with Gasteiger partial charge in [0.1, 0.15) is 0 Å². The quantitative estimate of drug-likeness (QED) is 0.897. The molecule has 2 aromatic heterocycles. The molecule has 1 aliphatic heterocycles. The molecule has 0 spiro atoms. The number of hydrogen-bond donors (Lipinski definition) is 1. The van der Waals surface area contributed by atoms with Crippen molar-refractivity contribution in [3.05, 3.63) is 33.7 Å². The molecule has 7 nitrogen and oxygen atoms in total. The average Bonchev–Trinajstić information content (AvgIpc) is 2.89. The Morgan fingerprint density at radius 2 is 2.17 bits per heavy atom. The lowest BCUT2D eigenvalue weighted by Crippen LogP contribution is -2.31. The summed E-state index contributed by atoms with van der Waals surface area (Å²) in [7, 11) is 3.97. The Balaban J connectivity index is 1.73. The summed E-state index contributed by atoms with van der Waals surface area (Å²) in [4.78, 5) is 21.3. The van der Waals surface area contributed by atoms with Gasteiger partial charge in [-0.15, -0.1) is 11.3 Å². The summed E-state index contributed by atoms with van der Waals surface area (Å²) in [6, 6.07) is 1.68. The van der Waals surface area contributed by atoms with Crippen LogP contribution in [0.3, 0.4) is 0 Å². The van der Waals surface area contributed by atoms with E-state index in [1.54, 1.807) is 12.3 Å². The van der Waals surface area contributed by atoms with Crippen molar-refractivity contribution in [2.45, 2.75) is 13.0 Å². The molecule has 3 heterocycles. The monoisotopic (exact) mass is 334 g/mol. The molecule has 2 aromatic rings. The van der Waals surface area contributed by atoms with Crippen LogP contribution in [0.15, 0.2) is 22.4 Å². The third-order valence-electron chi connectivity index (χ3n) is 4.02. The zero-order valence-corrected chi connectivity index (χ0v) is 14.3. The topological polar surface area (TPSA) is 66.3 Å². The summed E-state index contributed by atoms with van der Waals surface area (Å²) in [6.45, 7) is 4.40. The summed E-state index contributed by atoms with van der Waals surface area (Å²) < 4.78 is 1.46. The van der Waals surface area contributed by atoms with Gasteiger partial charge in [-0.25, -0.2) is 9.67 Å². The highest BCUT2D eigenvalue weighted by molar-refractivity contribution is 7.13. The van der Waals surface area contributed by atoms with E-state index in [0.717, 1.165) is 49.1 Å². The maximum Gasteiger partial charge on any atom is 0.269 e. The first-order valence-corrected chi connectivity index (χ1v) is 8.66. The Bertz CT molecular complexity index is 712. The molecule has 0 amide bonds. The molecule has 1 fully saturated rings. The highest BCUT2D eigenvalue weighted by Crippen LogP contribution is 2.15. The highest BCUT2D eigenvalue weighted by Gasteiger charge is 2.14. The van der Waals surface area contributed by atoms with Crippen molar-refractivity contribution in [2.75, 3.05) is 50.5 Å². The fourth-order valence-electron chi connectivity index (χ4n) is 2.67. The number of hydrogen-bond acceptors (Lipinski definition) is 7. The van der Waals surface area contributed by atoms with Crippen molar-refractivity contribution in [3.63, 3.8) is 0 Å². The van der Waals surface area contributed by atoms with Crippen LogP contribution in [0.5, 0.6) is 0 Å². The van der Waals surface area contributed by atoms with Gasteiger partial charge < -0.3 is 15.1 Å². The van der Waals surface area contributed by atoms with Crippen molar-refractivity contribution in [2.24, 2.45) is 0 Å². The van der Waals surface area contributed by atoms with E-state index in [9.17, 15) is 4.79 Å². The van der Waals surface area contributed by atoms with E-state index in [1.807, 2.05) is 12.4 Å². The average molecular weight is 334 g/mol. The summed E-state index contributed by atoms with van der Waals surface area (Å²) in [5.41, 5.74) is 1.67. The smallest absolute Gasteiger partial charge is 0.269 e. The van der Waals surface area contributed by atoms with Gasteiger partial charge in [-0.2, -0.15) is 5.10 Å². The first-order chi connectivity index (χ1) is 11.2. The predicted octanol–water partition coefficient (Wildman–Crippen LogP) is 0.932. The fourth-order valence-corrected chi connectivity index (χ4v) is 3.33. The van der Waals surface area contributed by atoms with E-state index in [0.29, 0.717) is 6.54 Å². The molecule has 0 aromatic carbocycles. The Labute approximate surface area is 139 Å². The van der Waals surface area contributed by atoms with E-state index >= 15 is 0 Å². The predicted molar refractivity (Wildman–Crippen MR) is 93.6 cm³/mol. The van der Waals surface area contributed by atoms with Crippen LogP contribution in [-0.4, -0.2) is 59.9 Å². The number of likely N-dealkylation sites (N-methyl/N-ethyl adjacent to an activating group) is 1. The largest absolute Gasteiger partial charge is 0.369 e. The van der Waals surface area contributed by atoms with Crippen molar-refractivity contribution >= 4 is 22.2 Å². The van der Waals surface area contributed by atoms with E-state index in [-0.39, 0.29) is 5.56 Å². The van der Waals surface area contributed by atoms with E-state index in [2.05, 4.69) is 32.2 Å².